The van der Waals surface area contributed by atoms with Gasteiger partial charge in [0, 0.05) is 0 Å². The van der Waals surface area contributed by atoms with Gasteiger partial charge in [0.05, 0.1) is 5.56 Å². The van der Waals surface area contributed by atoms with Crippen LogP contribution in [0.3, 0.4) is 0 Å². The van der Waals surface area contributed by atoms with E-state index in [1.807, 2.05) is 12.1 Å². The van der Waals surface area contributed by atoms with E-state index in [2.05, 4.69) is 0 Å². The lowest BCUT2D eigenvalue weighted by molar-refractivity contribution is 0.0195. The number of hydrogen-bond acceptors (Lipinski definition) is 6. The normalized spacial score (nSPS) is 18.6. The van der Waals surface area contributed by atoms with Gasteiger partial charge in [-0.2, -0.15) is 0 Å². The molecular formula is C21H18N2O4. The van der Waals surface area contributed by atoms with Crippen molar-refractivity contribution in [2.45, 2.75) is 37.7 Å². The molecule has 6 heteroatoms. The first kappa shape index (κ1) is 18.3. The molecule has 6 nitrogen and oxygen atoms in total. The highest BCUT2D eigenvalue weighted by Gasteiger charge is 2.25. The van der Waals surface area contributed by atoms with Crippen molar-refractivity contribution < 1.29 is 19.0 Å². The summed E-state index contributed by atoms with van der Waals surface area (Å²) < 4.78 is 15.1. The highest BCUT2D eigenvalue weighted by Crippen LogP contribution is 2.35. The molecule has 0 saturated heterocycles. The first-order valence-electron chi connectivity index (χ1n) is 8.72. The lowest BCUT2D eigenvalue weighted by atomic mass is 9.83. The van der Waals surface area contributed by atoms with Crippen LogP contribution in [0.1, 0.15) is 47.5 Å². The Morgan fingerprint density at radius 3 is 1.85 bits per heavy atom. The molecule has 0 unspecified atom stereocenters. The van der Waals surface area contributed by atoms with E-state index in [1.54, 1.807) is 48.9 Å². The monoisotopic (exact) mass is 362 g/mol. The van der Waals surface area contributed by atoms with Gasteiger partial charge in [0.15, 0.2) is 0 Å². The molecule has 136 valence electrons. The zero-order chi connectivity index (χ0) is 19.1. The van der Waals surface area contributed by atoms with Gasteiger partial charge in [-0.1, -0.05) is 12.1 Å². The van der Waals surface area contributed by atoms with E-state index in [4.69, 9.17) is 24.7 Å². The van der Waals surface area contributed by atoms with E-state index < -0.39 is 0 Å². The van der Waals surface area contributed by atoms with Crippen LogP contribution in [-0.4, -0.2) is 12.1 Å². The smallest absolute Gasteiger partial charge is 0.338 e. The summed E-state index contributed by atoms with van der Waals surface area (Å²) in [5.74, 6) is 0.981. The molecule has 0 N–H and O–H groups in total. The van der Waals surface area contributed by atoms with Crippen molar-refractivity contribution in [1.29, 1.82) is 10.5 Å². The van der Waals surface area contributed by atoms with E-state index in [1.165, 1.54) is 5.56 Å². The third kappa shape index (κ3) is 4.77. The van der Waals surface area contributed by atoms with Crippen molar-refractivity contribution >= 4 is 5.97 Å². The highest BCUT2D eigenvalue weighted by atomic mass is 16.5. The van der Waals surface area contributed by atoms with Gasteiger partial charge in [0.25, 0.3) is 12.5 Å². The minimum Gasteiger partial charge on any atom is -0.459 e. The van der Waals surface area contributed by atoms with Crippen molar-refractivity contribution in [3.63, 3.8) is 0 Å². The molecule has 1 fully saturated rings. The Morgan fingerprint density at radius 2 is 1.33 bits per heavy atom. The number of nitriles is 2. The number of ether oxygens (including phenoxy) is 3. The molecular weight excluding hydrogens is 344 g/mol. The van der Waals surface area contributed by atoms with Crippen LogP contribution in [0.25, 0.3) is 0 Å². The molecule has 27 heavy (non-hydrogen) atoms. The number of esters is 1. The van der Waals surface area contributed by atoms with Gasteiger partial charge < -0.3 is 14.2 Å². The second-order valence-corrected chi connectivity index (χ2v) is 6.36. The predicted octanol–water partition coefficient (Wildman–Crippen LogP) is 4.29. The molecule has 0 amide bonds. The third-order valence-corrected chi connectivity index (χ3v) is 4.72. The SMILES string of the molecule is N#COc1ccc(C(=O)OC2CCC(c3ccc(OC#N)cc3)CC2)cc1. The van der Waals surface area contributed by atoms with Crippen LogP contribution in [0, 0.1) is 23.0 Å². The van der Waals surface area contributed by atoms with Crippen molar-refractivity contribution in [2.75, 3.05) is 0 Å². The van der Waals surface area contributed by atoms with Crippen molar-refractivity contribution in [2.24, 2.45) is 0 Å². The number of hydrogen-bond donors (Lipinski definition) is 0. The lowest BCUT2D eigenvalue weighted by Gasteiger charge is -2.28. The fourth-order valence-corrected chi connectivity index (χ4v) is 3.31. The second kappa shape index (κ2) is 8.73. The molecule has 2 aromatic rings. The molecule has 3 rings (SSSR count). The van der Waals surface area contributed by atoms with Crippen molar-refractivity contribution in [3.8, 4) is 24.0 Å². The number of nitrogens with zero attached hydrogens (tertiary/aromatic N) is 2. The molecule has 0 bridgehead atoms. The number of benzene rings is 2. The molecule has 1 aliphatic carbocycles. The molecule has 0 radical (unpaired) electrons. The molecule has 0 atom stereocenters. The zero-order valence-electron chi connectivity index (χ0n) is 14.6. The fourth-order valence-electron chi connectivity index (χ4n) is 3.31. The van der Waals surface area contributed by atoms with Gasteiger partial charge in [-0.05, 0) is 73.6 Å². The zero-order valence-corrected chi connectivity index (χ0v) is 14.6. The van der Waals surface area contributed by atoms with Crippen LogP contribution < -0.4 is 9.47 Å². The Kier molecular flexibility index (Phi) is 5.91. The Labute approximate surface area is 157 Å². The maximum atomic E-state index is 12.3. The van der Waals surface area contributed by atoms with Crippen LogP contribution in [0.15, 0.2) is 48.5 Å². The second-order valence-electron chi connectivity index (χ2n) is 6.36. The largest absolute Gasteiger partial charge is 0.459 e. The van der Waals surface area contributed by atoms with Gasteiger partial charge >= 0.3 is 5.97 Å². The van der Waals surface area contributed by atoms with E-state index in [0.717, 1.165) is 25.7 Å². The van der Waals surface area contributed by atoms with Gasteiger partial charge in [-0.25, -0.2) is 4.79 Å². The summed E-state index contributed by atoms with van der Waals surface area (Å²) in [5, 5.41) is 17.0. The van der Waals surface area contributed by atoms with Crippen LogP contribution in [-0.2, 0) is 4.74 Å². The molecule has 0 heterocycles. The molecule has 0 aliphatic heterocycles. The average Bonchev–Trinajstić information content (AvgIpc) is 2.70. The van der Waals surface area contributed by atoms with E-state index in [9.17, 15) is 4.79 Å². The van der Waals surface area contributed by atoms with E-state index >= 15 is 0 Å². The summed E-state index contributed by atoms with van der Waals surface area (Å²) in [6, 6.07) is 13.9. The average molecular weight is 362 g/mol. The van der Waals surface area contributed by atoms with Crippen LogP contribution >= 0.6 is 0 Å². The van der Waals surface area contributed by atoms with E-state index in [0.29, 0.717) is 23.0 Å². The number of rotatable bonds is 5. The fraction of sp³-hybridized carbons (Fsp3) is 0.286. The molecule has 0 spiro atoms. The number of carbonyl (C=O) groups is 1. The van der Waals surface area contributed by atoms with Gasteiger partial charge in [0.1, 0.15) is 17.6 Å². The Balaban J connectivity index is 1.51. The quantitative estimate of drug-likeness (QED) is 0.582. The summed E-state index contributed by atoms with van der Waals surface area (Å²) in [5.41, 5.74) is 1.65. The maximum absolute atomic E-state index is 12.3. The van der Waals surface area contributed by atoms with Gasteiger partial charge in [-0.3, -0.25) is 0 Å². The first-order chi connectivity index (χ1) is 13.2. The molecule has 2 aromatic carbocycles. The summed E-state index contributed by atoms with van der Waals surface area (Å²) in [7, 11) is 0. The minimum absolute atomic E-state index is 0.0926. The highest BCUT2D eigenvalue weighted by molar-refractivity contribution is 5.89. The van der Waals surface area contributed by atoms with Crippen LogP contribution in [0.4, 0.5) is 0 Å². The molecule has 1 aliphatic rings. The first-order valence-corrected chi connectivity index (χ1v) is 8.72. The maximum Gasteiger partial charge on any atom is 0.338 e. The Bertz CT molecular complexity index is 855. The van der Waals surface area contributed by atoms with Gasteiger partial charge in [0.2, 0.25) is 0 Å². The third-order valence-electron chi connectivity index (χ3n) is 4.72. The Morgan fingerprint density at radius 1 is 0.815 bits per heavy atom. The summed E-state index contributed by atoms with van der Waals surface area (Å²) in [6.07, 6.45) is 6.64. The standard InChI is InChI=1S/C21H18N2O4/c22-13-25-18-7-1-15(2-8-18)16-3-11-20(12-4-16)27-21(24)17-5-9-19(10-6-17)26-14-23/h1-2,5-10,16,20H,3-4,11-12H2. The van der Waals surface area contributed by atoms with Crippen LogP contribution in [0.5, 0.6) is 11.5 Å². The predicted molar refractivity (Wildman–Crippen MR) is 95.8 cm³/mol. The summed E-state index contributed by atoms with van der Waals surface area (Å²) in [6.45, 7) is 0. The van der Waals surface area contributed by atoms with Crippen molar-refractivity contribution in [1.82, 2.24) is 0 Å². The summed E-state index contributed by atoms with van der Waals surface area (Å²) >= 11 is 0. The Hall–Kier alpha value is -3.51. The topological polar surface area (TPSA) is 92.3 Å². The van der Waals surface area contributed by atoms with Crippen molar-refractivity contribution in [3.05, 3.63) is 59.7 Å². The van der Waals surface area contributed by atoms with E-state index in [-0.39, 0.29) is 12.1 Å². The molecule has 1 saturated carbocycles. The minimum atomic E-state index is -0.361. The number of carbonyl (C=O) groups excluding carboxylic acids is 1. The summed E-state index contributed by atoms with van der Waals surface area (Å²) in [4.78, 5) is 12.3. The van der Waals surface area contributed by atoms with Gasteiger partial charge in [-0.15, -0.1) is 10.5 Å². The molecule has 0 aromatic heterocycles. The lowest BCUT2D eigenvalue weighted by Crippen LogP contribution is -2.23. The van der Waals surface area contributed by atoms with Crippen LogP contribution in [0.2, 0.25) is 0 Å².